The van der Waals surface area contributed by atoms with Crippen molar-refractivity contribution < 1.29 is 14.7 Å². The monoisotopic (exact) mass is 442 g/mol. The van der Waals surface area contributed by atoms with Crippen LogP contribution in [0.1, 0.15) is 96.1 Å². The Hall–Kier alpha value is -2.57. The summed E-state index contributed by atoms with van der Waals surface area (Å²) in [6.45, 7) is 12.6. The van der Waals surface area contributed by atoms with Gasteiger partial charge in [0.25, 0.3) is 5.91 Å². The van der Waals surface area contributed by atoms with E-state index in [4.69, 9.17) is 4.98 Å². The van der Waals surface area contributed by atoms with E-state index in [-0.39, 0.29) is 35.2 Å². The zero-order valence-electron chi connectivity index (χ0n) is 20.3. The molecule has 1 saturated carbocycles. The van der Waals surface area contributed by atoms with Crippen molar-refractivity contribution in [3.63, 3.8) is 0 Å². The zero-order chi connectivity index (χ0) is 23.7. The van der Waals surface area contributed by atoms with Gasteiger partial charge in [-0.15, -0.1) is 0 Å². The van der Waals surface area contributed by atoms with Crippen LogP contribution in [-0.2, 0) is 10.2 Å². The van der Waals surface area contributed by atoms with E-state index < -0.39 is 5.97 Å². The highest BCUT2D eigenvalue weighted by molar-refractivity contribution is 6.00. The number of carboxylic acids is 1. The minimum Gasteiger partial charge on any atom is -0.481 e. The molecule has 2 aromatic rings. The minimum atomic E-state index is -0.883. The van der Waals surface area contributed by atoms with E-state index in [0.29, 0.717) is 11.2 Å². The van der Waals surface area contributed by atoms with Crippen molar-refractivity contribution in [1.82, 2.24) is 14.7 Å². The van der Waals surface area contributed by atoms with Gasteiger partial charge in [0.05, 0.1) is 17.7 Å². The molecule has 0 bridgehead atoms. The first-order valence-corrected chi connectivity index (χ1v) is 11.7. The minimum absolute atomic E-state index is 0.0575. The van der Waals surface area contributed by atoms with E-state index >= 15 is 0 Å². The maximum Gasteiger partial charge on any atom is 0.305 e. The van der Waals surface area contributed by atoms with E-state index in [1.807, 2.05) is 16.7 Å². The highest BCUT2D eigenvalue weighted by Crippen LogP contribution is 2.33. The first-order chi connectivity index (χ1) is 14.9. The molecule has 7 heteroatoms. The van der Waals surface area contributed by atoms with Crippen molar-refractivity contribution >= 4 is 23.3 Å². The third-order valence-corrected chi connectivity index (χ3v) is 6.03. The van der Waals surface area contributed by atoms with Crippen molar-refractivity contribution in [2.75, 3.05) is 5.32 Å². The smallest absolute Gasteiger partial charge is 0.305 e. The first-order valence-electron chi connectivity index (χ1n) is 11.7. The number of nitrogens with zero attached hydrogens (tertiary/aromatic N) is 2. The van der Waals surface area contributed by atoms with Crippen LogP contribution in [0.5, 0.6) is 0 Å². The number of fused-ring (bicyclic) bond motifs is 1. The molecule has 1 aliphatic rings. The van der Waals surface area contributed by atoms with Crippen LogP contribution in [-0.4, -0.2) is 37.9 Å². The summed E-state index contributed by atoms with van der Waals surface area (Å²) in [5.74, 6) is -0.0673. The van der Waals surface area contributed by atoms with Crippen LogP contribution in [0.2, 0.25) is 0 Å². The Morgan fingerprint density at radius 2 is 1.81 bits per heavy atom. The van der Waals surface area contributed by atoms with Crippen molar-refractivity contribution in [2.24, 2.45) is 5.92 Å². The fraction of sp³-hybridized carbons (Fsp3) is 0.640. The lowest BCUT2D eigenvalue weighted by molar-refractivity contribution is -0.137. The van der Waals surface area contributed by atoms with Gasteiger partial charge in [0.15, 0.2) is 5.65 Å². The fourth-order valence-corrected chi connectivity index (χ4v) is 4.55. The maximum atomic E-state index is 13.4. The lowest BCUT2D eigenvalue weighted by Gasteiger charge is -2.30. The number of carboxylic acid groups (broad SMARTS) is 1. The molecule has 1 aliphatic carbocycles. The van der Waals surface area contributed by atoms with Gasteiger partial charge in [-0.1, -0.05) is 40.0 Å². The molecule has 0 spiro atoms. The predicted molar refractivity (Wildman–Crippen MR) is 127 cm³/mol. The number of pyridine rings is 1. The lowest BCUT2D eigenvalue weighted by Crippen LogP contribution is -2.42. The Kier molecular flexibility index (Phi) is 6.86. The number of hydrogen-bond acceptors (Lipinski definition) is 4. The van der Waals surface area contributed by atoms with Gasteiger partial charge in [-0.05, 0) is 51.7 Å². The third-order valence-electron chi connectivity index (χ3n) is 6.03. The summed E-state index contributed by atoms with van der Waals surface area (Å²) in [7, 11) is 0. The number of carbonyl (C=O) groups excluding carboxylic acids is 1. The zero-order valence-corrected chi connectivity index (χ0v) is 20.3. The molecular weight excluding hydrogens is 404 g/mol. The number of imidazole rings is 1. The average Bonchev–Trinajstić information content (AvgIpc) is 3.05. The van der Waals surface area contributed by atoms with Gasteiger partial charge in [0.1, 0.15) is 5.82 Å². The van der Waals surface area contributed by atoms with Crippen LogP contribution in [0.3, 0.4) is 0 Å². The molecule has 176 valence electrons. The van der Waals surface area contributed by atoms with Gasteiger partial charge in [0, 0.05) is 23.2 Å². The molecule has 0 aromatic carbocycles. The van der Waals surface area contributed by atoms with Crippen LogP contribution in [0.25, 0.3) is 5.65 Å². The van der Waals surface area contributed by atoms with Crippen molar-refractivity contribution in [3.05, 3.63) is 29.6 Å². The molecule has 3 rings (SSSR count). The number of hydrogen-bond donors (Lipinski definition) is 3. The van der Waals surface area contributed by atoms with Gasteiger partial charge in [-0.25, -0.2) is 4.98 Å². The predicted octanol–water partition coefficient (Wildman–Crippen LogP) is 5.00. The van der Waals surface area contributed by atoms with E-state index in [9.17, 15) is 14.7 Å². The Morgan fingerprint density at radius 3 is 2.38 bits per heavy atom. The number of nitrogens with one attached hydrogen (secondary N) is 2. The second kappa shape index (κ2) is 9.12. The van der Waals surface area contributed by atoms with E-state index in [0.717, 1.165) is 37.2 Å². The Labute approximate surface area is 191 Å². The molecular formula is C25H38N4O3. The molecule has 0 aliphatic heterocycles. The second-order valence-electron chi connectivity index (χ2n) is 11.1. The number of amides is 1. The van der Waals surface area contributed by atoms with Gasteiger partial charge in [0.2, 0.25) is 0 Å². The largest absolute Gasteiger partial charge is 0.481 e. The highest BCUT2D eigenvalue weighted by Gasteiger charge is 2.30. The van der Waals surface area contributed by atoms with E-state index in [1.54, 1.807) is 6.07 Å². The van der Waals surface area contributed by atoms with Crippen LogP contribution < -0.4 is 10.6 Å². The molecule has 2 aromatic heterocycles. The summed E-state index contributed by atoms with van der Waals surface area (Å²) in [5.41, 5.74) is 1.54. The Morgan fingerprint density at radius 1 is 1.16 bits per heavy atom. The number of carbonyl (C=O) groups is 2. The highest BCUT2D eigenvalue weighted by atomic mass is 16.4. The number of rotatable bonds is 6. The standard InChI is InChI=1S/C25H38N4O3/c1-24(2,3)20-22(28-25(4,5)6)29-14-10-13-17(21(29)27-20)23(32)26-18(15-19(30)31)16-11-8-7-9-12-16/h10,13-14,16,18,28H,7-9,11-12,15H2,1-6H3,(H,26,32)(H,30,31). The molecule has 2 heterocycles. The average molecular weight is 443 g/mol. The molecule has 7 nitrogen and oxygen atoms in total. The van der Waals surface area contributed by atoms with Crippen LogP contribution >= 0.6 is 0 Å². The van der Waals surface area contributed by atoms with E-state index in [1.165, 1.54) is 6.42 Å². The normalized spacial score (nSPS) is 16.7. The van der Waals surface area contributed by atoms with Crippen molar-refractivity contribution in [2.45, 2.75) is 97.1 Å². The van der Waals surface area contributed by atoms with Crippen LogP contribution in [0.4, 0.5) is 5.82 Å². The lowest BCUT2D eigenvalue weighted by atomic mass is 9.82. The Balaban J connectivity index is 2.00. The molecule has 0 saturated heterocycles. The van der Waals surface area contributed by atoms with Gasteiger partial charge in [-0.3, -0.25) is 14.0 Å². The Bertz CT molecular complexity index is 975. The van der Waals surface area contributed by atoms with Gasteiger partial charge >= 0.3 is 5.97 Å². The van der Waals surface area contributed by atoms with E-state index in [2.05, 4.69) is 52.2 Å². The molecule has 1 fully saturated rings. The molecule has 0 radical (unpaired) electrons. The quantitative estimate of drug-likeness (QED) is 0.585. The van der Waals surface area contributed by atoms with Crippen LogP contribution in [0.15, 0.2) is 18.3 Å². The first kappa shape index (κ1) is 24.1. The molecule has 1 unspecified atom stereocenters. The van der Waals surface area contributed by atoms with Gasteiger partial charge in [-0.2, -0.15) is 0 Å². The van der Waals surface area contributed by atoms with Crippen LogP contribution in [0, 0.1) is 5.92 Å². The summed E-state index contributed by atoms with van der Waals surface area (Å²) in [6.07, 6.45) is 7.12. The second-order valence-corrected chi connectivity index (χ2v) is 11.1. The topological polar surface area (TPSA) is 95.7 Å². The van der Waals surface area contributed by atoms with Crippen molar-refractivity contribution in [3.8, 4) is 0 Å². The summed E-state index contributed by atoms with van der Waals surface area (Å²) >= 11 is 0. The fourth-order valence-electron chi connectivity index (χ4n) is 4.55. The molecule has 1 atom stereocenters. The third kappa shape index (κ3) is 5.61. The molecule has 1 amide bonds. The SMILES string of the molecule is CC(C)(C)Nc1c(C(C)(C)C)nc2c(C(=O)NC(CC(=O)O)C3CCCCC3)cccn12. The maximum absolute atomic E-state index is 13.4. The van der Waals surface area contributed by atoms with Gasteiger partial charge < -0.3 is 15.7 Å². The summed E-state index contributed by atoms with van der Waals surface area (Å²) in [4.78, 5) is 29.8. The summed E-state index contributed by atoms with van der Waals surface area (Å²) in [6, 6.07) is 3.24. The van der Waals surface area contributed by atoms with Crippen molar-refractivity contribution in [1.29, 1.82) is 0 Å². The molecule has 32 heavy (non-hydrogen) atoms. The summed E-state index contributed by atoms with van der Waals surface area (Å²) in [5, 5.41) is 16.0. The number of aromatic nitrogens is 2. The summed E-state index contributed by atoms with van der Waals surface area (Å²) < 4.78 is 1.94. The number of anilines is 1. The number of aliphatic carboxylic acids is 1. The molecule has 3 N–H and O–H groups in total.